The molecule has 2 aromatic carbocycles. The van der Waals surface area contributed by atoms with Gasteiger partial charge >= 0.3 is 0 Å². The predicted octanol–water partition coefficient (Wildman–Crippen LogP) is 3.54. The van der Waals surface area contributed by atoms with Crippen LogP contribution in [0.15, 0.2) is 53.9 Å². The Hall–Kier alpha value is -4.82. The van der Waals surface area contributed by atoms with Gasteiger partial charge in [0.25, 0.3) is 0 Å². The first kappa shape index (κ1) is 24.5. The van der Waals surface area contributed by atoms with E-state index in [0.717, 1.165) is 18.4 Å². The smallest absolute Gasteiger partial charge is 0.211 e. The van der Waals surface area contributed by atoms with Gasteiger partial charge in [-0.1, -0.05) is 22.9 Å². The summed E-state index contributed by atoms with van der Waals surface area (Å²) in [5, 5.41) is 21.4. The Bertz CT molecular complexity index is 1740. The summed E-state index contributed by atoms with van der Waals surface area (Å²) in [5.41, 5.74) is 8.52. The quantitative estimate of drug-likeness (QED) is 0.373. The zero-order valence-electron chi connectivity index (χ0n) is 21.0. The highest BCUT2D eigenvalue weighted by atomic mass is 19.1. The van der Waals surface area contributed by atoms with E-state index in [1.807, 2.05) is 25.4 Å². The van der Waals surface area contributed by atoms with E-state index in [-0.39, 0.29) is 40.5 Å². The fourth-order valence-electron chi connectivity index (χ4n) is 4.94. The highest BCUT2D eigenvalue weighted by Crippen LogP contribution is 2.29. The van der Waals surface area contributed by atoms with E-state index >= 15 is 4.39 Å². The van der Waals surface area contributed by atoms with Crippen molar-refractivity contribution < 1.29 is 13.5 Å². The predicted molar refractivity (Wildman–Crippen MR) is 143 cm³/mol. The second-order valence-electron chi connectivity index (χ2n) is 9.60. The van der Waals surface area contributed by atoms with Crippen molar-refractivity contribution in [1.29, 1.82) is 5.26 Å². The van der Waals surface area contributed by atoms with Crippen LogP contribution >= 0.6 is 0 Å². The van der Waals surface area contributed by atoms with Gasteiger partial charge in [-0.3, -0.25) is 0 Å². The fraction of sp³-hybridized carbons (Fsp3) is 0.214. The summed E-state index contributed by atoms with van der Waals surface area (Å²) in [7, 11) is 1.97. The van der Waals surface area contributed by atoms with Crippen LogP contribution in [-0.2, 0) is 6.42 Å². The van der Waals surface area contributed by atoms with Gasteiger partial charge in [-0.2, -0.15) is 10.4 Å². The molecular weight excluding hydrogens is 500 g/mol. The number of benzene rings is 2. The standard InChI is InChI=1S/C28H24F2N9/c1-33-19-8-16(9-19)13-38-14-18(12-34-38)20-5-3-7-23(29)22(20)10-25-36-28-27(32)35-24(15-39(28)37-25)21-6-2-4-17(11-31)26(21)30/h2-7,12-16,19,33H,8-10H2,1H3,(H2,32,35)/q+1/b38-13+. The van der Waals surface area contributed by atoms with Crippen LogP contribution in [-0.4, -0.2) is 49.8 Å². The number of nitrogens with one attached hydrogen (secondary N) is 1. The Morgan fingerprint density at radius 2 is 1.97 bits per heavy atom. The van der Waals surface area contributed by atoms with Crippen LogP contribution in [0.2, 0.25) is 0 Å². The van der Waals surface area contributed by atoms with Crippen molar-refractivity contribution in [1.82, 2.24) is 24.9 Å². The van der Waals surface area contributed by atoms with Gasteiger partial charge in [0, 0.05) is 29.5 Å². The van der Waals surface area contributed by atoms with Crippen LogP contribution in [0.3, 0.4) is 0 Å². The number of anilines is 1. The lowest BCUT2D eigenvalue weighted by Gasteiger charge is -2.30. The molecule has 2 aromatic heterocycles. The third kappa shape index (κ3) is 4.55. The Morgan fingerprint density at radius 3 is 2.77 bits per heavy atom. The average molecular weight is 525 g/mol. The second kappa shape index (κ2) is 9.81. The Kier molecular flexibility index (Phi) is 6.17. The van der Waals surface area contributed by atoms with Gasteiger partial charge in [-0.25, -0.2) is 23.3 Å². The van der Waals surface area contributed by atoms with Crippen molar-refractivity contribution in [3.8, 4) is 17.3 Å². The molecule has 0 spiro atoms. The molecule has 2 aliphatic rings. The minimum Gasteiger partial charge on any atom is -0.381 e. The lowest BCUT2D eigenvalue weighted by atomic mass is 9.81. The molecule has 194 valence electrons. The number of aromatic nitrogens is 4. The zero-order valence-corrected chi connectivity index (χ0v) is 21.0. The molecule has 4 aromatic rings. The van der Waals surface area contributed by atoms with Crippen molar-refractivity contribution in [2.45, 2.75) is 25.3 Å². The van der Waals surface area contributed by atoms with E-state index in [1.54, 1.807) is 23.0 Å². The van der Waals surface area contributed by atoms with Gasteiger partial charge in [-0.15, -0.1) is 0 Å². The minimum absolute atomic E-state index is 0.0371. The fourth-order valence-corrected chi connectivity index (χ4v) is 4.94. The molecule has 9 nitrogen and oxygen atoms in total. The van der Waals surface area contributed by atoms with Crippen LogP contribution in [0.1, 0.15) is 35.4 Å². The normalized spacial score (nSPS) is 19.3. The second-order valence-corrected chi connectivity index (χ2v) is 9.60. The topological polar surface area (TPSA) is 120 Å². The van der Waals surface area contributed by atoms with Crippen LogP contribution in [0, 0.1) is 28.9 Å². The summed E-state index contributed by atoms with van der Waals surface area (Å²) in [6, 6.07) is 11.7. The SMILES string of the molecule is CNC1CC(/C=[N+]2\C=C(c3cccc(F)c3Cc3nc4c(N)nc(-c5cccc(C#N)c5F)cn4n3)C=N2)C1. The zero-order chi connectivity index (χ0) is 27.1. The maximum Gasteiger partial charge on any atom is 0.211 e. The van der Waals surface area contributed by atoms with Crippen LogP contribution in [0.4, 0.5) is 14.6 Å². The van der Waals surface area contributed by atoms with Crippen LogP contribution < -0.4 is 11.1 Å². The number of nitrogen functional groups attached to an aromatic ring is 1. The van der Waals surface area contributed by atoms with E-state index in [9.17, 15) is 4.39 Å². The van der Waals surface area contributed by atoms with Crippen molar-refractivity contribution >= 4 is 29.5 Å². The highest BCUT2D eigenvalue weighted by Gasteiger charge is 2.30. The summed E-state index contributed by atoms with van der Waals surface area (Å²) >= 11 is 0. The molecule has 1 fully saturated rings. The molecule has 6 rings (SSSR count). The van der Waals surface area contributed by atoms with Crippen molar-refractivity contribution in [3.63, 3.8) is 0 Å². The molecule has 0 amide bonds. The van der Waals surface area contributed by atoms with Gasteiger partial charge in [0.1, 0.15) is 23.9 Å². The van der Waals surface area contributed by atoms with E-state index in [4.69, 9.17) is 11.0 Å². The van der Waals surface area contributed by atoms with Crippen molar-refractivity contribution in [3.05, 3.63) is 82.9 Å². The van der Waals surface area contributed by atoms with E-state index < -0.39 is 5.82 Å². The molecule has 0 radical (unpaired) electrons. The number of hydrogen-bond donors (Lipinski definition) is 2. The Morgan fingerprint density at radius 1 is 1.18 bits per heavy atom. The largest absolute Gasteiger partial charge is 0.381 e. The molecular formula is C28H24F2N9+. The first-order chi connectivity index (χ1) is 18.9. The molecule has 0 bridgehead atoms. The molecule has 11 heteroatoms. The average Bonchev–Trinajstić information content (AvgIpc) is 3.54. The van der Waals surface area contributed by atoms with Crippen LogP contribution in [0.25, 0.3) is 22.5 Å². The van der Waals surface area contributed by atoms with E-state index in [0.29, 0.717) is 28.9 Å². The summed E-state index contributed by atoms with van der Waals surface area (Å²) in [6.45, 7) is 0. The van der Waals surface area contributed by atoms with Gasteiger partial charge in [-0.05, 0) is 48.8 Å². The summed E-state index contributed by atoms with van der Waals surface area (Å²) in [6.07, 6.45) is 9.40. The maximum atomic E-state index is 15.1. The van der Waals surface area contributed by atoms with Crippen molar-refractivity contribution in [2.75, 3.05) is 12.8 Å². The summed E-state index contributed by atoms with van der Waals surface area (Å²) < 4.78 is 33.1. The molecule has 0 unspecified atom stereocenters. The molecule has 3 heterocycles. The van der Waals surface area contributed by atoms with Gasteiger partial charge in [0.15, 0.2) is 23.5 Å². The van der Waals surface area contributed by atoms with Crippen LogP contribution in [0.5, 0.6) is 0 Å². The Balaban J connectivity index is 1.31. The molecule has 3 N–H and O–H groups in total. The van der Waals surface area contributed by atoms with Gasteiger partial charge in [0.05, 0.1) is 23.0 Å². The van der Waals surface area contributed by atoms with Crippen molar-refractivity contribution in [2.24, 2.45) is 11.0 Å². The molecule has 39 heavy (non-hydrogen) atoms. The van der Waals surface area contributed by atoms with E-state index in [1.165, 1.54) is 28.9 Å². The first-order valence-corrected chi connectivity index (χ1v) is 12.5. The number of nitrogens with two attached hydrogens (primary N) is 1. The third-order valence-electron chi connectivity index (χ3n) is 7.10. The molecule has 1 aliphatic heterocycles. The van der Waals surface area contributed by atoms with Gasteiger partial charge < -0.3 is 11.1 Å². The Labute approximate surface area is 222 Å². The number of halogens is 2. The first-order valence-electron chi connectivity index (χ1n) is 12.5. The molecule has 1 saturated carbocycles. The molecule has 0 atom stereocenters. The molecule has 0 saturated heterocycles. The number of nitrogens with zero attached hydrogens (tertiary/aromatic N) is 7. The number of fused-ring (bicyclic) bond motifs is 1. The number of allylic oxidation sites excluding steroid dienone is 1. The summed E-state index contributed by atoms with van der Waals surface area (Å²) in [5.74, 6) is -0.273. The lowest BCUT2D eigenvalue weighted by Crippen LogP contribution is -2.40. The number of nitriles is 1. The highest BCUT2D eigenvalue weighted by molar-refractivity contribution is 6.10. The minimum atomic E-state index is -0.695. The summed E-state index contributed by atoms with van der Waals surface area (Å²) in [4.78, 5) is 8.74. The van der Waals surface area contributed by atoms with E-state index in [2.05, 4.69) is 31.7 Å². The third-order valence-corrected chi connectivity index (χ3v) is 7.10. The number of hydrazone groups is 1. The number of rotatable bonds is 6. The molecule has 1 aliphatic carbocycles. The lowest BCUT2D eigenvalue weighted by molar-refractivity contribution is -0.454. The van der Waals surface area contributed by atoms with Gasteiger partial charge in [0.2, 0.25) is 6.20 Å². The number of hydrogen-bond acceptors (Lipinski definition) is 7. The monoisotopic (exact) mass is 524 g/mol. The maximum absolute atomic E-state index is 15.1.